The third-order valence-electron chi connectivity index (χ3n) is 3.53. The van der Waals surface area contributed by atoms with Crippen molar-refractivity contribution in [1.82, 2.24) is 9.55 Å². The Bertz CT molecular complexity index is 784. The van der Waals surface area contributed by atoms with E-state index in [1.807, 2.05) is 29.7 Å². The van der Waals surface area contributed by atoms with Gasteiger partial charge in [0.2, 0.25) is 0 Å². The lowest BCUT2D eigenvalue weighted by molar-refractivity contribution is 0.792. The average Bonchev–Trinajstić information content (AvgIpc) is 2.75. The molecule has 3 aromatic rings. The van der Waals surface area contributed by atoms with Crippen LogP contribution in [-0.4, -0.2) is 9.55 Å². The van der Waals surface area contributed by atoms with Crippen molar-refractivity contribution in [3.8, 4) is 11.3 Å². The zero-order chi connectivity index (χ0) is 14.1. The van der Waals surface area contributed by atoms with E-state index in [4.69, 9.17) is 5.73 Å². The Morgan fingerprint density at radius 1 is 1.20 bits per heavy atom. The molecule has 0 unspecified atom stereocenters. The van der Waals surface area contributed by atoms with Gasteiger partial charge < -0.3 is 10.3 Å². The van der Waals surface area contributed by atoms with E-state index in [1.165, 1.54) is 10.8 Å². The molecule has 3 heteroatoms. The summed E-state index contributed by atoms with van der Waals surface area (Å²) in [6.45, 7) is 6.40. The number of aromatic nitrogens is 2. The van der Waals surface area contributed by atoms with Crippen LogP contribution >= 0.6 is 0 Å². The molecule has 100 valence electrons. The first-order chi connectivity index (χ1) is 9.70. The summed E-state index contributed by atoms with van der Waals surface area (Å²) < 4.78 is 1.97. The summed E-state index contributed by atoms with van der Waals surface area (Å²) in [6.07, 6.45) is 1.83. The van der Waals surface area contributed by atoms with Gasteiger partial charge in [-0.05, 0) is 23.8 Å². The fourth-order valence-electron chi connectivity index (χ4n) is 2.49. The van der Waals surface area contributed by atoms with Gasteiger partial charge in [-0.3, -0.25) is 0 Å². The number of hydrogen-bond donors (Lipinski definition) is 1. The highest BCUT2D eigenvalue weighted by Crippen LogP contribution is 2.29. The van der Waals surface area contributed by atoms with E-state index < -0.39 is 0 Å². The Hall–Kier alpha value is -2.55. The lowest BCUT2D eigenvalue weighted by Gasteiger charge is -2.05. The maximum Gasteiger partial charge on any atom is 0.132 e. The zero-order valence-corrected chi connectivity index (χ0v) is 11.5. The molecule has 0 fully saturated rings. The number of imidazole rings is 1. The molecule has 0 aliphatic carbocycles. The lowest BCUT2D eigenvalue weighted by Crippen LogP contribution is -2.03. The van der Waals surface area contributed by atoms with Gasteiger partial charge in [0.25, 0.3) is 0 Å². The number of anilines is 1. The van der Waals surface area contributed by atoms with Crippen molar-refractivity contribution in [1.29, 1.82) is 0 Å². The summed E-state index contributed by atoms with van der Waals surface area (Å²) >= 11 is 0. The van der Waals surface area contributed by atoms with Gasteiger partial charge in [-0.1, -0.05) is 42.5 Å². The van der Waals surface area contributed by atoms with Crippen molar-refractivity contribution in [3.63, 3.8) is 0 Å². The first-order valence-corrected chi connectivity index (χ1v) is 6.63. The first-order valence-electron chi connectivity index (χ1n) is 6.63. The predicted molar refractivity (Wildman–Crippen MR) is 84.5 cm³/mol. The number of aryl methyl sites for hydroxylation is 1. The standard InChI is InChI=1S/C17H17N3/c1-3-10-20-12(2)19-16(17(20)18)15-9-8-13-6-4-5-7-14(13)11-15/h3-9,11H,1,10,18H2,2H3. The fourth-order valence-corrected chi connectivity index (χ4v) is 2.49. The molecule has 20 heavy (non-hydrogen) atoms. The smallest absolute Gasteiger partial charge is 0.132 e. The van der Waals surface area contributed by atoms with Gasteiger partial charge in [0, 0.05) is 12.1 Å². The number of nitrogens with zero attached hydrogens (tertiary/aromatic N) is 2. The molecule has 0 atom stereocenters. The van der Waals surface area contributed by atoms with Crippen LogP contribution in [-0.2, 0) is 6.54 Å². The van der Waals surface area contributed by atoms with E-state index in [2.05, 4.69) is 41.9 Å². The largest absolute Gasteiger partial charge is 0.383 e. The SMILES string of the molecule is C=CCn1c(C)nc(-c2ccc3ccccc3c2)c1N. The van der Waals surface area contributed by atoms with E-state index in [0.717, 1.165) is 17.1 Å². The summed E-state index contributed by atoms with van der Waals surface area (Å²) in [5.74, 6) is 1.60. The minimum absolute atomic E-state index is 0.679. The molecule has 0 amide bonds. The minimum Gasteiger partial charge on any atom is -0.383 e. The summed E-state index contributed by atoms with van der Waals surface area (Å²) in [7, 11) is 0. The van der Waals surface area contributed by atoms with E-state index in [9.17, 15) is 0 Å². The van der Waals surface area contributed by atoms with Gasteiger partial charge in [0.15, 0.2) is 0 Å². The Morgan fingerprint density at radius 2 is 1.95 bits per heavy atom. The Morgan fingerprint density at radius 3 is 2.70 bits per heavy atom. The molecule has 0 aliphatic rings. The number of nitrogen functional groups attached to an aromatic ring is 1. The molecular formula is C17H17N3. The van der Waals surface area contributed by atoms with E-state index >= 15 is 0 Å². The van der Waals surface area contributed by atoms with Crippen LogP contribution in [0.15, 0.2) is 55.1 Å². The van der Waals surface area contributed by atoms with Crippen LogP contribution in [0, 0.1) is 6.92 Å². The van der Waals surface area contributed by atoms with E-state index in [-0.39, 0.29) is 0 Å². The van der Waals surface area contributed by atoms with Crippen LogP contribution in [0.5, 0.6) is 0 Å². The second-order valence-electron chi connectivity index (χ2n) is 4.85. The summed E-state index contributed by atoms with van der Waals surface area (Å²) in [5, 5.41) is 2.41. The van der Waals surface area contributed by atoms with Crippen molar-refractivity contribution in [2.45, 2.75) is 13.5 Å². The third kappa shape index (κ3) is 1.97. The summed E-state index contributed by atoms with van der Waals surface area (Å²) in [6, 6.07) is 14.6. The second-order valence-corrected chi connectivity index (χ2v) is 4.85. The molecule has 1 heterocycles. The monoisotopic (exact) mass is 263 g/mol. The van der Waals surface area contributed by atoms with Crippen LogP contribution in [0.3, 0.4) is 0 Å². The number of allylic oxidation sites excluding steroid dienone is 1. The number of nitrogens with two attached hydrogens (primary N) is 1. The quantitative estimate of drug-likeness (QED) is 0.731. The molecule has 0 spiro atoms. The molecule has 2 N–H and O–H groups in total. The van der Waals surface area contributed by atoms with Gasteiger partial charge in [-0.2, -0.15) is 0 Å². The van der Waals surface area contributed by atoms with Crippen LogP contribution in [0.2, 0.25) is 0 Å². The second kappa shape index (κ2) is 4.85. The topological polar surface area (TPSA) is 43.8 Å². The van der Waals surface area contributed by atoms with Gasteiger partial charge in [-0.15, -0.1) is 6.58 Å². The Labute approximate surface area is 118 Å². The summed E-state index contributed by atoms with van der Waals surface area (Å²) in [5.41, 5.74) is 8.11. The Kier molecular flexibility index (Phi) is 3.03. The van der Waals surface area contributed by atoms with Gasteiger partial charge in [-0.25, -0.2) is 4.98 Å². The molecule has 0 saturated carbocycles. The predicted octanol–water partition coefficient (Wildman–Crippen LogP) is 3.78. The fraction of sp³-hybridized carbons (Fsp3) is 0.118. The van der Waals surface area contributed by atoms with E-state index in [1.54, 1.807) is 0 Å². The number of benzene rings is 2. The van der Waals surface area contributed by atoms with Crippen LogP contribution in [0.1, 0.15) is 5.82 Å². The molecule has 0 aliphatic heterocycles. The van der Waals surface area contributed by atoms with Crippen LogP contribution < -0.4 is 5.73 Å². The molecule has 3 rings (SSSR count). The molecule has 2 aromatic carbocycles. The van der Waals surface area contributed by atoms with Crippen LogP contribution in [0.4, 0.5) is 5.82 Å². The maximum absolute atomic E-state index is 6.22. The highest BCUT2D eigenvalue weighted by molar-refractivity contribution is 5.88. The average molecular weight is 263 g/mol. The minimum atomic E-state index is 0.679. The summed E-state index contributed by atoms with van der Waals surface area (Å²) in [4.78, 5) is 4.60. The molecule has 3 nitrogen and oxygen atoms in total. The molecule has 1 aromatic heterocycles. The first kappa shape index (κ1) is 12.5. The van der Waals surface area contributed by atoms with Gasteiger partial charge >= 0.3 is 0 Å². The molecule has 0 bridgehead atoms. The number of rotatable bonds is 3. The normalized spacial score (nSPS) is 10.8. The highest BCUT2D eigenvalue weighted by Gasteiger charge is 2.12. The van der Waals surface area contributed by atoms with Crippen molar-refractivity contribution in [2.75, 3.05) is 5.73 Å². The van der Waals surface area contributed by atoms with Crippen LogP contribution in [0.25, 0.3) is 22.0 Å². The van der Waals surface area contributed by atoms with Gasteiger partial charge in [0.1, 0.15) is 17.3 Å². The number of hydrogen-bond acceptors (Lipinski definition) is 2. The van der Waals surface area contributed by atoms with Gasteiger partial charge in [0.05, 0.1) is 0 Å². The molecular weight excluding hydrogens is 246 g/mol. The van der Waals surface area contributed by atoms with Crippen molar-refractivity contribution < 1.29 is 0 Å². The highest BCUT2D eigenvalue weighted by atomic mass is 15.1. The number of fused-ring (bicyclic) bond motifs is 1. The maximum atomic E-state index is 6.22. The van der Waals surface area contributed by atoms with E-state index in [0.29, 0.717) is 12.4 Å². The lowest BCUT2D eigenvalue weighted by atomic mass is 10.1. The van der Waals surface area contributed by atoms with Crippen molar-refractivity contribution in [2.24, 2.45) is 0 Å². The van der Waals surface area contributed by atoms with Crippen molar-refractivity contribution >= 4 is 16.6 Å². The van der Waals surface area contributed by atoms with Crippen molar-refractivity contribution in [3.05, 3.63) is 60.9 Å². The molecule has 0 radical (unpaired) electrons. The third-order valence-corrected chi connectivity index (χ3v) is 3.53. The zero-order valence-electron chi connectivity index (χ0n) is 11.5. The Balaban J connectivity index is 2.15. The molecule has 0 saturated heterocycles.